The van der Waals surface area contributed by atoms with Gasteiger partial charge in [0.15, 0.2) is 0 Å². The smallest absolute Gasteiger partial charge is 0.354 e. The lowest BCUT2D eigenvalue weighted by molar-refractivity contribution is 0.0520. The van der Waals surface area contributed by atoms with E-state index in [4.69, 9.17) is 4.74 Å². The molecule has 2 aromatic rings. The number of rotatable bonds is 2. The van der Waals surface area contributed by atoms with Gasteiger partial charge in [0.05, 0.1) is 12.1 Å². The number of H-pyrrole nitrogens is 1. The van der Waals surface area contributed by atoms with Gasteiger partial charge in [-0.3, -0.25) is 0 Å². The summed E-state index contributed by atoms with van der Waals surface area (Å²) >= 11 is 0. The molecule has 1 aromatic heterocycles. The Labute approximate surface area is 92.2 Å². The van der Waals surface area contributed by atoms with Crippen molar-refractivity contribution in [2.45, 2.75) is 13.8 Å². The van der Waals surface area contributed by atoms with Gasteiger partial charge >= 0.3 is 5.97 Å². The van der Waals surface area contributed by atoms with Gasteiger partial charge < -0.3 is 9.72 Å². The summed E-state index contributed by atoms with van der Waals surface area (Å²) in [6, 6.07) is 5.04. The summed E-state index contributed by atoms with van der Waals surface area (Å²) < 4.78 is 18.5. The number of fused-ring (bicyclic) bond motifs is 1. The molecule has 0 saturated carbocycles. The van der Waals surface area contributed by atoms with Gasteiger partial charge in [0, 0.05) is 5.39 Å². The van der Waals surface area contributed by atoms with Crippen LogP contribution in [0.4, 0.5) is 4.39 Å². The van der Waals surface area contributed by atoms with Crippen LogP contribution in [0.2, 0.25) is 0 Å². The first kappa shape index (κ1) is 10.7. The van der Waals surface area contributed by atoms with Crippen LogP contribution in [0.1, 0.15) is 23.0 Å². The number of nitrogens with one attached hydrogen (secondary N) is 1. The van der Waals surface area contributed by atoms with E-state index in [0.717, 1.165) is 0 Å². The fourth-order valence-corrected chi connectivity index (χ4v) is 1.59. The number of hydrogen-bond donors (Lipinski definition) is 1. The third-order valence-corrected chi connectivity index (χ3v) is 2.42. The van der Waals surface area contributed by atoms with Crippen molar-refractivity contribution in [3.8, 4) is 0 Å². The molecule has 0 fully saturated rings. The third-order valence-electron chi connectivity index (χ3n) is 2.42. The molecule has 1 N–H and O–H groups in total. The van der Waals surface area contributed by atoms with Crippen LogP contribution in [0.25, 0.3) is 10.9 Å². The Hall–Kier alpha value is -1.84. The first-order valence-corrected chi connectivity index (χ1v) is 5.08. The second-order valence-electron chi connectivity index (χ2n) is 3.56. The molecular weight excluding hydrogens is 209 g/mol. The van der Waals surface area contributed by atoms with E-state index in [9.17, 15) is 9.18 Å². The Bertz CT molecular complexity index is 545. The van der Waals surface area contributed by atoms with Crippen molar-refractivity contribution in [2.24, 2.45) is 0 Å². The number of aromatic nitrogens is 1. The molecule has 0 aliphatic carbocycles. The molecule has 0 aliphatic rings. The van der Waals surface area contributed by atoms with E-state index in [1.807, 2.05) is 0 Å². The molecule has 4 heteroatoms. The van der Waals surface area contributed by atoms with Gasteiger partial charge in [0.1, 0.15) is 11.5 Å². The van der Waals surface area contributed by atoms with Crippen LogP contribution in [0, 0.1) is 12.7 Å². The van der Waals surface area contributed by atoms with E-state index in [0.29, 0.717) is 23.1 Å². The molecule has 0 bridgehead atoms. The second-order valence-corrected chi connectivity index (χ2v) is 3.56. The fourth-order valence-electron chi connectivity index (χ4n) is 1.59. The van der Waals surface area contributed by atoms with Crippen LogP contribution >= 0.6 is 0 Å². The Morgan fingerprint density at radius 3 is 2.94 bits per heavy atom. The molecule has 3 nitrogen and oxygen atoms in total. The standard InChI is InChI=1S/C12H12FNO2/c1-3-16-12(15)9-6-8-5-4-7(2)10(13)11(8)14-9/h4-6,14H,3H2,1-2H3. The van der Waals surface area contributed by atoms with Crippen molar-refractivity contribution in [1.29, 1.82) is 0 Å². The maximum absolute atomic E-state index is 13.7. The number of aromatic amines is 1. The summed E-state index contributed by atoms with van der Waals surface area (Å²) in [7, 11) is 0. The van der Waals surface area contributed by atoms with Crippen molar-refractivity contribution in [3.05, 3.63) is 35.3 Å². The molecule has 0 radical (unpaired) electrons. The predicted molar refractivity (Wildman–Crippen MR) is 59.0 cm³/mol. The van der Waals surface area contributed by atoms with E-state index < -0.39 is 5.97 Å². The van der Waals surface area contributed by atoms with E-state index >= 15 is 0 Å². The number of carbonyl (C=O) groups is 1. The number of halogens is 1. The molecular formula is C12H12FNO2. The topological polar surface area (TPSA) is 42.1 Å². The van der Waals surface area contributed by atoms with Crippen molar-refractivity contribution in [3.63, 3.8) is 0 Å². The number of esters is 1. The summed E-state index contributed by atoms with van der Waals surface area (Å²) in [6.45, 7) is 3.71. The van der Waals surface area contributed by atoms with Crippen molar-refractivity contribution < 1.29 is 13.9 Å². The monoisotopic (exact) mass is 221 g/mol. The Morgan fingerprint density at radius 2 is 2.25 bits per heavy atom. The normalized spacial score (nSPS) is 10.7. The Balaban J connectivity index is 2.52. The maximum Gasteiger partial charge on any atom is 0.354 e. The molecule has 1 heterocycles. The SMILES string of the molecule is CCOC(=O)c1cc2ccc(C)c(F)c2[nH]1. The molecule has 0 spiro atoms. The van der Waals surface area contributed by atoms with E-state index in [1.165, 1.54) is 0 Å². The summed E-state index contributed by atoms with van der Waals surface area (Å²) in [5.74, 6) is -0.788. The van der Waals surface area contributed by atoms with Gasteiger partial charge in [-0.1, -0.05) is 12.1 Å². The van der Waals surface area contributed by atoms with Gasteiger partial charge in [-0.15, -0.1) is 0 Å². The van der Waals surface area contributed by atoms with E-state index in [2.05, 4.69) is 4.98 Å². The van der Waals surface area contributed by atoms with Crippen LogP contribution in [0.15, 0.2) is 18.2 Å². The van der Waals surface area contributed by atoms with Gasteiger partial charge in [0.2, 0.25) is 0 Å². The minimum Gasteiger partial charge on any atom is -0.461 e. The average molecular weight is 221 g/mol. The summed E-state index contributed by atoms with van der Waals surface area (Å²) in [4.78, 5) is 14.2. The molecule has 0 unspecified atom stereocenters. The zero-order valence-electron chi connectivity index (χ0n) is 9.13. The lowest BCUT2D eigenvalue weighted by atomic mass is 10.2. The number of hydrogen-bond acceptors (Lipinski definition) is 2. The van der Waals surface area contributed by atoms with Gasteiger partial charge in [-0.25, -0.2) is 9.18 Å². The summed E-state index contributed by atoms with van der Waals surface area (Å²) in [6.07, 6.45) is 0. The maximum atomic E-state index is 13.7. The van der Waals surface area contributed by atoms with Crippen molar-refractivity contribution >= 4 is 16.9 Å². The molecule has 0 atom stereocenters. The largest absolute Gasteiger partial charge is 0.461 e. The van der Waals surface area contributed by atoms with Gasteiger partial charge in [-0.2, -0.15) is 0 Å². The minimum atomic E-state index is -0.462. The molecule has 0 saturated heterocycles. The van der Waals surface area contributed by atoms with Crippen LogP contribution in [-0.4, -0.2) is 17.6 Å². The first-order valence-electron chi connectivity index (χ1n) is 5.08. The lowest BCUT2D eigenvalue weighted by Gasteiger charge is -1.97. The van der Waals surface area contributed by atoms with Gasteiger partial charge in [-0.05, 0) is 25.5 Å². The first-order chi connectivity index (χ1) is 7.63. The Morgan fingerprint density at radius 1 is 1.50 bits per heavy atom. The van der Waals surface area contributed by atoms with Gasteiger partial charge in [0.25, 0.3) is 0 Å². The number of aryl methyl sites for hydroxylation is 1. The van der Waals surface area contributed by atoms with Crippen molar-refractivity contribution in [2.75, 3.05) is 6.61 Å². The third kappa shape index (κ3) is 1.66. The van der Waals surface area contributed by atoms with Crippen molar-refractivity contribution in [1.82, 2.24) is 4.98 Å². The number of carbonyl (C=O) groups excluding carboxylic acids is 1. The summed E-state index contributed by atoms with van der Waals surface area (Å²) in [5, 5.41) is 0.672. The highest BCUT2D eigenvalue weighted by Crippen LogP contribution is 2.21. The van der Waals surface area contributed by atoms with Crippen LogP contribution in [0.3, 0.4) is 0 Å². The highest BCUT2D eigenvalue weighted by Gasteiger charge is 2.13. The van der Waals surface area contributed by atoms with Crippen LogP contribution < -0.4 is 0 Å². The Kier molecular flexibility index (Phi) is 2.64. The average Bonchev–Trinajstić information content (AvgIpc) is 2.69. The van der Waals surface area contributed by atoms with Crippen LogP contribution in [-0.2, 0) is 4.74 Å². The quantitative estimate of drug-likeness (QED) is 0.792. The molecule has 2 rings (SSSR count). The fraction of sp³-hybridized carbons (Fsp3) is 0.250. The number of benzene rings is 1. The second kappa shape index (κ2) is 3.96. The molecule has 16 heavy (non-hydrogen) atoms. The number of ether oxygens (including phenoxy) is 1. The molecule has 1 aromatic carbocycles. The molecule has 84 valence electrons. The highest BCUT2D eigenvalue weighted by atomic mass is 19.1. The minimum absolute atomic E-state index is 0.279. The highest BCUT2D eigenvalue weighted by molar-refractivity contribution is 5.95. The molecule has 0 amide bonds. The van der Waals surface area contributed by atoms with Crippen LogP contribution in [0.5, 0.6) is 0 Å². The summed E-state index contributed by atoms with van der Waals surface area (Å²) in [5.41, 5.74) is 1.18. The lowest BCUT2D eigenvalue weighted by Crippen LogP contribution is -2.04. The zero-order chi connectivity index (χ0) is 11.7. The molecule has 0 aliphatic heterocycles. The predicted octanol–water partition coefficient (Wildman–Crippen LogP) is 2.79. The zero-order valence-corrected chi connectivity index (χ0v) is 9.13. The van der Waals surface area contributed by atoms with E-state index in [-0.39, 0.29) is 11.5 Å². The van der Waals surface area contributed by atoms with E-state index in [1.54, 1.807) is 32.0 Å².